The fraction of sp³-hybridized carbons (Fsp3) is 0.100. The second-order valence-corrected chi connectivity index (χ2v) is 5.59. The molecule has 0 radical (unpaired) electrons. The highest BCUT2D eigenvalue weighted by atomic mass is 16.1. The molecule has 0 aliphatic carbocycles. The molecular formula is C20H19N3O. The molecule has 0 aliphatic rings. The number of hydrogen-bond donors (Lipinski definition) is 2. The minimum absolute atomic E-state index is 0.189. The van der Waals surface area contributed by atoms with Gasteiger partial charge in [0.15, 0.2) is 0 Å². The van der Waals surface area contributed by atoms with E-state index in [-0.39, 0.29) is 5.91 Å². The molecule has 0 spiro atoms. The van der Waals surface area contributed by atoms with Gasteiger partial charge in [-0.2, -0.15) is 0 Å². The molecule has 0 bridgehead atoms. The summed E-state index contributed by atoms with van der Waals surface area (Å²) in [5, 5.41) is 6.16. The SMILES string of the molecule is Cc1ccc(Nc2ccnc(C(=O)NCc3ccccc3)c2)cc1. The Morgan fingerprint density at radius 3 is 2.46 bits per heavy atom. The quantitative estimate of drug-likeness (QED) is 0.746. The molecule has 3 rings (SSSR count). The zero-order valence-electron chi connectivity index (χ0n) is 13.5. The van der Waals surface area contributed by atoms with E-state index in [1.165, 1.54) is 5.56 Å². The van der Waals surface area contributed by atoms with Gasteiger partial charge >= 0.3 is 0 Å². The molecule has 4 heteroatoms. The summed E-state index contributed by atoms with van der Waals surface area (Å²) in [7, 11) is 0. The van der Waals surface area contributed by atoms with Crippen LogP contribution in [0.5, 0.6) is 0 Å². The predicted molar refractivity (Wildman–Crippen MR) is 96.3 cm³/mol. The standard InChI is InChI=1S/C20H19N3O/c1-15-7-9-17(10-8-15)23-18-11-12-21-19(13-18)20(24)22-14-16-5-3-2-4-6-16/h2-13H,14H2,1H3,(H,21,23)(H,22,24). The van der Waals surface area contributed by atoms with Crippen molar-refractivity contribution in [1.82, 2.24) is 10.3 Å². The zero-order chi connectivity index (χ0) is 16.8. The van der Waals surface area contributed by atoms with Gasteiger partial charge in [0.2, 0.25) is 0 Å². The van der Waals surface area contributed by atoms with E-state index in [2.05, 4.69) is 15.6 Å². The fourth-order valence-electron chi connectivity index (χ4n) is 2.30. The third-order valence-electron chi connectivity index (χ3n) is 3.63. The topological polar surface area (TPSA) is 54.0 Å². The van der Waals surface area contributed by atoms with Crippen molar-refractivity contribution < 1.29 is 4.79 Å². The highest BCUT2D eigenvalue weighted by Crippen LogP contribution is 2.17. The van der Waals surface area contributed by atoms with Crippen LogP contribution in [0.3, 0.4) is 0 Å². The molecule has 0 unspecified atom stereocenters. The van der Waals surface area contributed by atoms with Crippen LogP contribution in [0, 0.1) is 6.92 Å². The van der Waals surface area contributed by atoms with Gasteiger partial charge in [0.25, 0.3) is 5.91 Å². The highest BCUT2D eigenvalue weighted by Gasteiger charge is 2.08. The van der Waals surface area contributed by atoms with E-state index in [0.29, 0.717) is 12.2 Å². The van der Waals surface area contributed by atoms with E-state index in [4.69, 9.17) is 0 Å². The summed E-state index contributed by atoms with van der Waals surface area (Å²) >= 11 is 0. The first-order chi connectivity index (χ1) is 11.7. The van der Waals surface area contributed by atoms with Gasteiger partial charge in [-0.05, 0) is 36.8 Å². The summed E-state index contributed by atoms with van der Waals surface area (Å²) in [6.45, 7) is 2.53. The van der Waals surface area contributed by atoms with Crippen LogP contribution in [0.4, 0.5) is 11.4 Å². The molecule has 1 aromatic heterocycles. The molecule has 120 valence electrons. The van der Waals surface area contributed by atoms with Crippen molar-refractivity contribution in [3.63, 3.8) is 0 Å². The van der Waals surface area contributed by atoms with Gasteiger partial charge in [-0.15, -0.1) is 0 Å². The molecule has 24 heavy (non-hydrogen) atoms. The number of aromatic nitrogens is 1. The van der Waals surface area contributed by atoms with E-state index >= 15 is 0 Å². The van der Waals surface area contributed by atoms with E-state index in [1.54, 1.807) is 12.3 Å². The summed E-state index contributed by atoms with van der Waals surface area (Å²) in [6, 6.07) is 21.5. The molecule has 1 amide bonds. The number of benzene rings is 2. The molecule has 0 fully saturated rings. The largest absolute Gasteiger partial charge is 0.355 e. The van der Waals surface area contributed by atoms with Crippen LogP contribution in [0.25, 0.3) is 0 Å². The van der Waals surface area contributed by atoms with Crippen molar-refractivity contribution in [3.8, 4) is 0 Å². The summed E-state index contributed by atoms with van der Waals surface area (Å²) < 4.78 is 0. The van der Waals surface area contributed by atoms with E-state index < -0.39 is 0 Å². The van der Waals surface area contributed by atoms with Crippen LogP contribution in [0.15, 0.2) is 72.9 Å². The maximum atomic E-state index is 12.3. The average Bonchev–Trinajstić information content (AvgIpc) is 2.63. The van der Waals surface area contributed by atoms with Crippen molar-refractivity contribution in [2.75, 3.05) is 5.32 Å². The Kier molecular flexibility index (Phi) is 4.87. The lowest BCUT2D eigenvalue weighted by Gasteiger charge is -2.09. The molecule has 2 aromatic carbocycles. The van der Waals surface area contributed by atoms with Crippen molar-refractivity contribution in [2.24, 2.45) is 0 Å². The monoisotopic (exact) mass is 317 g/mol. The molecule has 1 heterocycles. The van der Waals surface area contributed by atoms with Crippen LogP contribution in [-0.2, 0) is 6.54 Å². The van der Waals surface area contributed by atoms with Crippen LogP contribution >= 0.6 is 0 Å². The third-order valence-corrected chi connectivity index (χ3v) is 3.63. The highest BCUT2D eigenvalue weighted by molar-refractivity contribution is 5.93. The van der Waals surface area contributed by atoms with E-state index in [0.717, 1.165) is 16.9 Å². The lowest BCUT2D eigenvalue weighted by molar-refractivity contribution is 0.0946. The van der Waals surface area contributed by atoms with E-state index in [9.17, 15) is 4.79 Å². The van der Waals surface area contributed by atoms with Gasteiger partial charge in [-0.3, -0.25) is 9.78 Å². The van der Waals surface area contributed by atoms with Gasteiger partial charge in [0, 0.05) is 24.1 Å². The minimum atomic E-state index is -0.189. The summed E-state index contributed by atoms with van der Waals surface area (Å²) in [5.41, 5.74) is 4.46. The Morgan fingerprint density at radius 1 is 0.958 bits per heavy atom. The maximum absolute atomic E-state index is 12.3. The van der Waals surface area contributed by atoms with Crippen LogP contribution in [0.1, 0.15) is 21.6 Å². The van der Waals surface area contributed by atoms with Crippen LogP contribution < -0.4 is 10.6 Å². The van der Waals surface area contributed by atoms with Crippen LogP contribution in [-0.4, -0.2) is 10.9 Å². The Balaban J connectivity index is 1.65. The number of nitrogens with zero attached hydrogens (tertiary/aromatic N) is 1. The first-order valence-corrected chi connectivity index (χ1v) is 7.82. The van der Waals surface area contributed by atoms with Crippen LogP contribution in [0.2, 0.25) is 0 Å². The van der Waals surface area contributed by atoms with Gasteiger partial charge in [0.05, 0.1) is 0 Å². The van der Waals surface area contributed by atoms with Crippen molar-refractivity contribution >= 4 is 17.3 Å². The molecule has 0 aliphatic heterocycles. The fourth-order valence-corrected chi connectivity index (χ4v) is 2.30. The summed E-state index contributed by atoms with van der Waals surface area (Å²) in [6.07, 6.45) is 1.63. The molecule has 3 aromatic rings. The third kappa shape index (κ3) is 4.20. The minimum Gasteiger partial charge on any atom is -0.355 e. The molecule has 2 N–H and O–H groups in total. The molecule has 4 nitrogen and oxygen atoms in total. The maximum Gasteiger partial charge on any atom is 0.270 e. The Hall–Kier alpha value is -3.14. The number of nitrogens with one attached hydrogen (secondary N) is 2. The Morgan fingerprint density at radius 2 is 1.71 bits per heavy atom. The molecular weight excluding hydrogens is 298 g/mol. The number of hydrogen-bond acceptors (Lipinski definition) is 3. The number of anilines is 2. The van der Waals surface area contributed by atoms with Gasteiger partial charge < -0.3 is 10.6 Å². The molecule has 0 saturated carbocycles. The average molecular weight is 317 g/mol. The smallest absolute Gasteiger partial charge is 0.270 e. The van der Waals surface area contributed by atoms with Gasteiger partial charge in [-0.1, -0.05) is 48.0 Å². The molecule has 0 saturated heterocycles. The first-order valence-electron chi connectivity index (χ1n) is 7.82. The van der Waals surface area contributed by atoms with Crippen molar-refractivity contribution in [3.05, 3.63) is 89.7 Å². The van der Waals surface area contributed by atoms with Gasteiger partial charge in [-0.25, -0.2) is 0 Å². The predicted octanol–water partition coefficient (Wildman–Crippen LogP) is 4.06. The van der Waals surface area contributed by atoms with Crippen molar-refractivity contribution in [1.29, 1.82) is 0 Å². The number of carbonyl (C=O) groups is 1. The normalized spacial score (nSPS) is 10.2. The number of amides is 1. The number of pyridine rings is 1. The van der Waals surface area contributed by atoms with Crippen molar-refractivity contribution in [2.45, 2.75) is 13.5 Å². The van der Waals surface area contributed by atoms with Gasteiger partial charge in [0.1, 0.15) is 5.69 Å². The zero-order valence-corrected chi connectivity index (χ0v) is 13.5. The Bertz CT molecular complexity index is 814. The first kappa shape index (κ1) is 15.7. The number of rotatable bonds is 5. The molecule has 0 atom stereocenters. The second kappa shape index (κ2) is 7.42. The summed E-state index contributed by atoms with van der Waals surface area (Å²) in [5.74, 6) is -0.189. The summed E-state index contributed by atoms with van der Waals surface area (Å²) in [4.78, 5) is 16.4. The van der Waals surface area contributed by atoms with E-state index in [1.807, 2.05) is 67.6 Å². The second-order valence-electron chi connectivity index (χ2n) is 5.59. The number of carbonyl (C=O) groups excluding carboxylic acids is 1. The lowest BCUT2D eigenvalue weighted by Crippen LogP contribution is -2.23. The lowest BCUT2D eigenvalue weighted by atomic mass is 10.2. The number of aryl methyl sites for hydroxylation is 1. The Labute approximate surface area is 141 Å².